The molecule has 0 aromatic carbocycles. The predicted octanol–water partition coefficient (Wildman–Crippen LogP) is 2.69. The maximum atomic E-state index is 13.6. The predicted molar refractivity (Wildman–Crippen MR) is 48.3 cm³/mol. The van der Waals surface area contributed by atoms with Crippen LogP contribution in [0.1, 0.15) is 39.0 Å². The fraction of sp³-hybridized carbons (Fsp3) is 0.700. The fourth-order valence-electron chi connectivity index (χ4n) is 1.58. The molecule has 1 unspecified atom stereocenters. The molecule has 3 heteroatoms. The minimum absolute atomic E-state index is 0.442. The molecular formula is C10H15FO2. The summed E-state index contributed by atoms with van der Waals surface area (Å²) < 4.78 is 13.6. The van der Waals surface area contributed by atoms with Crippen LogP contribution < -0.4 is 0 Å². The summed E-state index contributed by atoms with van der Waals surface area (Å²) in [5, 5.41) is 8.67. The van der Waals surface area contributed by atoms with E-state index in [1.54, 1.807) is 6.08 Å². The summed E-state index contributed by atoms with van der Waals surface area (Å²) in [7, 11) is 0. The van der Waals surface area contributed by atoms with Crippen molar-refractivity contribution in [2.75, 3.05) is 0 Å². The lowest BCUT2D eigenvalue weighted by atomic mass is 9.94. The highest BCUT2D eigenvalue weighted by Gasteiger charge is 2.36. The van der Waals surface area contributed by atoms with E-state index in [2.05, 4.69) is 0 Å². The van der Waals surface area contributed by atoms with Crippen LogP contribution in [0.5, 0.6) is 0 Å². The molecule has 0 bridgehead atoms. The quantitative estimate of drug-likeness (QED) is 0.673. The zero-order valence-electron chi connectivity index (χ0n) is 7.85. The van der Waals surface area contributed by atoms with Crippen LogP contribution in [0.4, 0.5) is 4.39 Å². The first-order valence-corrected chi connectivity index (χ1v) is 4.67. The third-order valence-electron chi connectivity index (χ3n) is 2.55. The molecule has 0 aliphatic heterocycles. The van der Waals surface area contributed by atoms with Crippen LogP contribution in [-0.2, 0) is 4.79 Å². The van der Waals surface area contributed by atoms with Crippen LogP contribution in [0.25, 0.3) is 0 Å². The molecule has 74 valence electrons. The molecule has 0 saturated carbocycles. The Morgan fingerprint density at radius 1 is 1.54 bits per heavy atom. The van der Waals surface area contributed by atoms with E-state index in [1.807, 2.05) is 0 Å². The average molecular weight is 186 g/mol. The van der Waals surface area contributed by atoms with Crippen molar-refractivity contribution in [3.63, 3.8) is 0 Å². The molecule has 0 spiro atoms. The van der Waals surface area contributed by atoms with Crippen LogP contribution >= 0.6 is 0 Å². The van der Waals surface area contributed by atoms with Gasteiger partial charge in [0.1, 0.15) is 0 Å². The van der Waals surface area contributed by atoms with Crippen molar-refractivity contribution in [2.45, 2.75) is 44.7 Å². The number of carboxylic acids is 1. The zero-order valence-corrected chi connectivity index (χ0v) is 7.85. The molecule has 0 heterocycles. The lowest BCUT2D eigenvalue weighted by Crippen LogP contribution is -2.32. The standard InChI is InChI=1S/C10H15FO2/c1-10(11,9(12)13)8-6-4-2-3-5-7-8/h6H,2-5,7H2,1H3,(H,12,13). The third-order valence-corrected chi connectivity index (χ3v) is 2.55. The maximum absolute atomic E-state index is 13.6. The van der Waals surface area contributed by atoms with Gasteiger partial charge in [-0.05, 0) is 38.2 Å². The molecule has 1 N–H and O–H groups in total. The van der Waals surface area contributed by atoms with E-state index < -0.39 is 11.6 Å². The number of halogens is 1. The topological polar surface area (TPSA) is 37.3 Å². The number of alkyl halides is 1. The summed E-state index contributed by atoms with van der Waals surface area (Å²) in [6.07, 6.45) is 6.15. The van der Waals surface area contributed by atoms with E-state index in [9.17, 15) is 9.18 Å². The van der Waals surface area contributed by atoms with Gasteiger partial charge in [0.25, 0.3) is 0 Å². The summed E-state index contributed by atoms with van der Waals surface area (Å²) in [5.41, 5.74) is -1.72. The highest BCUT2D eigenvalue weighted by molar-refractivity contribution is 5.81. The van der Waals surface area contributed by atoms with Crippen molar-refractivity contribution in [1.29, 1.82) is 0 Å². The Morgan fingerprint density at radius 2 is 2.23 bits per heavy atom. The van der Waals surface area contributed by atoms with Crippen molar-refractivity contribution >= 4 is 5.97 Å². The Morgan fingerprint density at radius 3 is 2.85 bits per heavy atom. The highest BCUT2D eigenvalue weighted by Crippen LogP contribution is 2.29. The monoisotopic (exact) mass is 186 g/mol. The first kappa shape index (κ1) is 10.2. The summed E-state index contributed by atoms with van der Waals surface area (Å²) in [6, 6.07) is 0. The normalized spacial score (nSPS) is 22.8. The molecule has 0 fully saturated rings. The lowest BCUT2D eigenvalue weighted by molar-refractivity contribution is -0.147. The van der Waals surface area contributed by atoms with Crippen molar-refractivity contribution < 1.29 is 14.3 Å². The largest absolute Gasteiger partial charge is 0.479 e. The van der Waals surface area contributed by atoms with Crippen LogP contribution in [0.3, 0.4) is 0 Å². The van der Waals surface area contributed by atoms with Crippen LogP contribution in [-0.4, -0.2) is 16.7 Å². The number of hydrogen-bond donors (Lipinski definition) is 1. The van der Waals surface area contributed by atoms with Gasteiger partial charge in [-0.1, -0.05) is 12.5 Å². The number of carbonyl (C=O) groups is 1. The second-order valence-corrected chi connectivity index (χ2v) is 3.64. The third kappa shape index (κ3) is 2.29. The van der Waals surface area contributed by atoms with E-state index in [4.69, 9.17) is 5.11 Å². The number of rotatable bonds is 2. The minimum Gasteiger partial charge on any atom is -0.479 e. The van der Waals surface area contributed by atoms with Crippen LogP contribution in [0.15, 0.2) is 11.6 Å². The molecule has 0 aromatic rings. The van der Waals surface area contributed by atoms with Gasteiger partial charge in [0.2, 0.25) is 5.67 Å². The fourth-order valence-corrected chi connectivity index (χ4v) is 1.58. The number of allylic oxidation sites excluding steroid dienone is 1. The molecule has 1 aliphatic rings. The van der Waals surface area contributed by atoms with Gasteiger partial charge in [-0.25, -0.2) is 9.18 Å². The van der Waals surface area contributed by atoms with Gasteiger partial charge in [0.05, 0.1) is 0 Å². The Bertz CT molecular complexity index is 231. The van der Waals surface area contributed by atoms with Gasteiger partial charge < -0.3 is 5.11 Å². The smallest absolute Gasteiger partial charge is 0.345 e. The van der Waals surface area contributed by atoms with Crippen LogP contribution in [0.2, 0.25) is 0 Å². The van der Waals surface area contributed by atoms with Gasteiger partial charge in [0, 0.05) is 0 Å². The first-order chi connectivity index (χ1) is 6.05. The average Bonchev–Trinajstić information content (AvgIpc) is 2.31. The van der Waals surface area contributed by atoms with Gasteiger partial charge in [-0.3, -0.25) is 0 Å². The second kappa shape index (κ2) is 3.90. The molecule has 0 saturated heterocycles. The Labute approximate surface area is 77.4 Å². The van der Waals surface area contributed by atoms with Crippen molar-refractivity contribution in [1.82, 2.24) is 0 Å². The van der Waals surface area contributed by atoms with Gasteiger partial charge in [0.15, 0.2) is 0 Å². The summed E-state index contributed by atoms with van der Waals surface area (Å²) >= 11 is 0. The highest BCUT2D eigenvalue weighted by atomic mass is 19.1. The second-order valence-electron chi connectivity index (χ2n) is 3.64. The summed E-state index contributed by atoms with van der Waals surface area (Å²) in [4.78, 5) is 10.6. The minimum atomic E-state index is -2.16. The van der Waals surface area contributed by atoms with Crippen molar-refractivity contribution in [2.24, 2.45) is 0 Å². The van der Waals surface area contributed by atoms with Gasteiger partial charge >= 0.3 is 5.97 Å². The molecule has 1 aliphatic carbocycles. The molecule has 0 aromatic heterocycles. The number of carboxylic acid groups (broad SMARTS) is 1. The van der Waals surface area contributed by atoms with Crippen molar-refractivity contribution in [3.8, 4) is 0 Å². The Balaban J connectivity index is 2.78. The lowest BCUT2D eigenvalue weighted by Gasteiger charge is -2.18. The summed E-state index contributed by atoms with van der Waals surface area (Å²) in [5.74, 6) is -1.37. The number of aliphatic carboxylic acids is 1. The molecular weight excluding hydrogens is 171 g/mol. The van der Waals surface area contributed by atoms with Crippen molar-refractivity contribution in [3.05, 3.63) is 11.6 Å². The van der Waals surface area contributed by atoms with E-state index in [1.165, 1.54) is 0 Å². The molecule has 2 nitrogen and oxygen atoms in total. The molecule has 0 radical (unpaired) electrons. The molecule has 13 heavy (non-hydrogen) atoms. The number of hydrogen-bond acceptors (Lipinski definition) is 1. The van der Waals surface area contributed by atoms with E-state index >= 15 is 0 Å². The molecule has 1 atom stereocenters. The van der Waals surface area contributed by atoms with Gasteiger partial charge in [-0.2, -0.15) is 0 Å². The van der Waals surface area contributed by atoms with Crippen LogP contribution in [0, 0.1) is 0 Å². The maximum Gasteiger partial charge on any atom is 0.345 e. The Kier molecular flexibility index (Phi) is 3.07. The van der Waals surface area contributed by atoms with E-state index in [0.29, 0.717) is 12.0 Å². The SMILES string of the molecule is CC(F)(C(=O)O)C1=CCCCCC1. The zero-order chi connectivity index (χ0) is 9.90. The summed E-state index contributed by atoms with van der Waals surface area (Å²) in [6.45, 7) is 1.13. The Hall–Kier alpha value is -0.860. The van der Waals surface area contributed by atoms with E-state index in [-0.39, 0.29) is 0 Å². The van der Waals surface area contributed by atoms with Gasteiger partial charge in [-0.15, -0.1) is 0 Å². The molecule has 0 amide bonds. The first-order valence-electron chi connectivity index (χ1n) is 4.67. The molecule has 1 rings (SSSR count). The van der Waals surface area contributed by atoms with E-state index in [0.717, 1.165) is 32.6 Å².